The van der Waals surface area contributed by atoms with Crippen molar-refractivity contribution in [3.63, 3.8) is 0 Å². The number of rotatable bonds is 7. The lowest BCUT2D eigenvalue weighted by molar-refractivity contribution is 0.0845. The van der Waals surface area contributed by atoms with Gasteiger partial charge < -0.3 is 15.0 Å². The summed E-state index contributed by atoms with van der Waals surface area (Å²) in [6.07, 6.45) is 1.83. The third-order valence-corrected chi connectivity index (χ3v) is 3.00. The molecular formula is C16H28FN3O. The van der Waals surface area contributed by atoms with Gasteiger partial charge in [-0.2, -0.15) is 0 Å². The van der Waals surface area contributed by atoms with E-state index in [0.29, 0.717) is 31.1 Å². The predicted molar refractivity (Wildman–Crippen MR) is 85.1 cm³/mol. The molecular weight excluding hydrogens is 269 g/mol. The quantitative estimate of drug-likeness (QED) is 0.839. The van der Waals surface area contributed by atoms with Crippen molar-refractivity contribution in [1.29, 1.82) is 0 Å². The van der Waals surface area contributed by atoms with Gasteiger partial charge in [-0.1, -0.05) is 0 Å². The highest BCUT2D eigenvalue weighted by Crippen LogP contribution is 2.19. The third-order valence-electron chi connectivity index (χ3n) is 3.00. The van der Waals surface area contributed by atoms with Crippen molar-refractivity contribution in [3.05, 3.63) is 23.6 Å². The summed E-state index contributed by atoms with van der Waals surface area (Å²) in [7, 11) is 1.83. The molecule has 120 valence electrons. The highest BCUT2D eigenvalue weighted by Gasteiger charge is 2.15. The average Bonchev–Trinajstić information content (AvgIpc) is 2.36. The molecule has 1 aromatic heterocycles. The topological polar surface area (TPSA) is 37.4 Å². The van der Waals surface area contributed by atoms with E-state index in [4.69, 9.17) is 4.74 Å². The number of nitrogens with zero attached hydrogens (tertiary/aromatic N) is 2. The number of likely N-dealkylation sites (N-methyl/N-ethyl adjacent to an activating group) is 1. The van der Waals surface area contributed by atoms with Gasteiger partial charge in [-0.3, -0.25) is 0 Å². The molecule has 0 aliphatic rings. The molecule has 0 saturated heterocycles. The fourth-order valence-corrected chi connectivity index (χ4v) is 1.77. The Morgan fingerprint density at radius 3 is 2.62 bits per heavy atom. The van der Waals surface area contributed by atoms with Crippen LogP contribution in [0.5, 0.6) is 0 Å². The molecule has 0 atom stereocenters. The number of nitrogens with one attached hydrogen (secondary N) is 1. The fraction of sp³-hybridized carbons (Fsp3) is 0.688. The van der Waals surface area contributed by atoms with Crippen LogP contribution in [0.3, 0.4) is 0 Å². The van der Waals surface area contributed by atoms with E-state index in [9.17, 15) is 4.39 Å². The molecule has 4 nitrogen and oxygen atoms in total. The lowest BCUT2D eigenvalue weighted by Crippen LogP contribution is -2.35. The van der Waals surface area contributed by atoms with Gasteiger partial charge in [0.2, 0.25) is 0 Å². The maximum atomic E-state index is 14.5. The van der Waals surface area contributed by atoms with E-state index in [1.807, 2.05) is 20.9 Å². The molecule has 0 amide bonds. The van der Waals surface area contributed by atoms with E-state index in [0.717, 1.165) is 0 Å². The number of pyridine rings is 1. The first kappa shape index (κ1) is 17.9. The standard InChI is InChI=1S/C16H28FN3O/c1-12(2)21-10-9-20(6)15-14(17)13(7-8-18-15)11-19-16(3,4)5/h7-8,12,19H,9-11H2,1-6H3. The van der Waals surface area contributed by atoms with E-state index in [2.05, 4.69) is 31.1 Å². The zero-order valence-electron chi connectivity index (χ0n) is 14.0. The first-order valence-electron chi connectivity index (χ1n) is 7.42. The molecule has 0 bridgehead atoms. The Balaban J connectivity index is 2.70. The van der Waals surface area contributed by atoms with E-state index in [-0.39, 0.29) is 17.5 Å². The molecule has 0 fully saturated rings. The molecule has 21 heavy (non-hydrogen) atoms. The zero-order chi connectivity index (χ0) is 16.0. The van der Waals surface area contributed by atoms with E-state index >= 15 is 0 Å². The van der Waals surface area contributed by atoms with Crippen LogP contribution in [0.15, 0.2) is 12.3 Å². The third kappa shape index (κ3) is 6.40. The van der Waals surface area contributed by atoms with Gasteiger partial charge in [-0.15, -0.1) is 0 Å². The largest absolute Gasteiger partial charge is 0.377 e. The first-order valence-corrected chi connectivity index (χ1v) is 7.42. The second kappa shape index (κ2) is 7.71. The van der Waals surface area contributed by atoms with Crippen LogP contribution >= 0.6 is 0 Å². The van der Waals surface area contributed by atoms with Gasteiger partial charge in [0.05, 0.1) is 12.7 Å². The van der Waals surface area contributed by atoms with Crippen molar-refractivity contribution in [2.24, 2.45) is 0 Å². The van der Waals surface area contributed by atoms with Crippen molar-refractivity contribution in [2.45, 2.75) is 52.8 Å². The minimum absolute atomic E-state index is 0.0487. The van der Waals surface area contributed by atoms with Crippen molar-refractivity contribution < 1.29 is 9.13 Å². The second-order valence-corrected chi connectivity index (χ2v) is 6.55. The summed E-state index contributed by atoms with van der Waals surface area (Å²) in [5.74, 6) is 0.108. The molecule has 0 aliphatic heterocycles. The van der Waals surface area contributed by atoms with Gasteiger partial charge >= 0.3 is 0 Å². The Morgan fingerprint density at radius 2 is 2.05 bits per heavy atom. The molecule has 0 spiro atoms. The van der Waals surface area contributed by atoms with E-state index in [1.54, 1.807) is 17.2 Å². The van der Waals surface area contributed by atoms with Crippen molar-refractivity contribution in [3.8, 4) is 0 Å². The minimum Gasteiger partial charge on any atom is -0.377 e. The number of hydrogen-bond acceptors (Lipinski definition) is 4. The summed E-state index contributed by atoms with van der Waals surface area (Å²) in [6.45, 7) is 11.8. The zero-order valence-corrected chi connectivity index (χ0v) is 14.0. The smallest absolute Gasteiger partial charge is 0.170 e. The maximum absolute atomic E-state index is 14.5. The number of halogens is 1. The van der Waals surface area contributed by atoms with Crippen molar-refractivity contribution >= 4 is 5.82 Å². The molecule has 1 rings (SSSR count). The van der Waals surface area contributed by atoms with Gasteiger partial charge in [0.1, 0.15) is 0 Å². The van der Waals surface area contributed by atoms with Gasteiger partial charge in [0.15, 0.2) is 11.6 Å². The minimum atomic E-state index is -0.263. The highest BCUT2D eigenvalue weighted by atomic mass is 19.1. The van der Waals surface area contributed by atoms with Gasteiger partial charge in [-0.05, 0) is 40.7 Å². The SMILES string of the molecule is CC(C)OCCN(C)c1nccc(CNC(C)(C)C)c1F. The number of ether oxygens (including phenoxy) is 1. The van der Waals surface area contributed by atoms with Crippen LogP contribution in [0.4, 0.5) is 10.2 Å². The second-order valence-electron chi connectivity index (χ2n) is 6.55. The number of anilines is 1. The summed E-state index contributed by atoms with van der Waals surface area (Å²) < 4.78 is 20.0. The lowest BCUT2D eigenvalue weighted by atomic mass is 10.1. The van der Waals surface area contributed by atoms with E-state index in [1.165, 1.54) is 0 Å². The summed E-state index contributed by atoms with van der Waals surface area (Å²) in [5, 5.41) is 3.29. The fourth-order valence-electron chi connectivity index (χ4n) is 1.77. The predicted octanol–water partition coefficient (Wildman–Crippen LogP) is 2.97. The molecule has 1 N–H and O–H groups in total. The molecule has 0 saturated carbocycles. The van der Waals surface area contributed by atoms with Crippen LogP contribution in [-0.4, -0.2) is 36.8 Å². The Labute approximate surface area is 127 Å². The molecule has 0 aromatic carbocycles. The van der Waals surface area contributed by atoms with Gasteiger partial charge in [0, 0.05) is 37.4 Å². The molecule has 1 heterocycles. The van der Waals surface area contributed by atoms with Crippen LogP contribution in [0.1, 0.15) is 40.2 Å². The summed E-state index contributed by atoms with van der Waals surface area (Å²) in [5.41, 5.74) is 0.582. The lowest BCUT2D eigenvalue weighted by Gasteiger charge is -2.23. The van der Waals surface area contributed by atoms with Crippen LogP contribution in [0, 0.1) is 5.82 Å². The monoisotopic (exact) mass is 297 g/mol. The van der Waals surface area contributed by atoms with Gasteiger partial charge in [0.25, 0.3) is 0 Å². The average molecular weight is 297 g/mol. The van der Waals surface area contributed by atoms with E-state index < -0.39 is 0 Å². The maximum Gasteiger partial charge on any atom is 0.170 e. The number of hydrogen-bond donors (Lipinski definition) is 1. The highest BCUT2D eigenvalue weighted by molar-refractivity contribution is 5.42. The summed E-state index contributed by atoms with van der Waals surface area (Å²) >= 11 is 0. The van der Waals surface area contributed by atoms with Crippen LogP contribution < -0.4 is 10.2 Å². The van der Waals surface area contributed by atoms with Gasteiger partial charge in [-0.25, -0.2) is 9.37 Å². The molecule has 0 aliphatic carbocycles. The molecule has 0 unspecified atom stereocenters. The Morgan fingerprint density at radius 1 is 1.38 bits per heavy atom. The molecule has 5 heteroatoms. The Kier molecular flexibility index (Phi) is 6.55. The Hall–Kier alpha value is -1.20. The first-order chi connectivity index (χ1) is 9.70. The van der Waals surface area contributed by atoms with Crippen molar-refractivity contribution in [2.75, 3.05) is 25.1 Å². The normalized spacial score (nSPS) is 12.0. The number of aromatic nitrogens is 1. The van der Waals surface area contributed by atoms with Crippen molar-refractivity contribution in [1.82, 2.24) is 10.3 Å². The molecule has 0 radical (unpaired) electrons. The summed E-state index contributed by atoms with van der Waals surface area (Å²) in [6, 6.07) is 1.72. The Bertz CT molecular complexity index is 444. The molecule has 1 aromatic rings. The summed E-state index contributed by atoms with van der Waals surface area (Å²) in [4.78, 5) is 5.94. The van der Waals surface area contributed by atoms with Crippen LogP contribution in [-0.2, 0) is 11.3 Å². The van der Waals surface area contributed by atoms with Crippen LogP contribution in [0.25, 0.3) is 0 Å². The van der Waals surface area contributed by atoms with Crippen LogP contribution in [0.2, 0.25) is 0 Å².